The van der Waals surface area contributed by atoms with Gasteiger partial charge >= 0.3 is 0 Å². The first-order chi connectivity index (χ1) is 7.29. The van der Waals surface area contributed by atoms with Crippen LogP contribution in [0.3, 0.4) is 0 Å². The van der Waals surface area contributed by atoms with Crippen molar-refractivity contribution in [3.63, 3.8) is 0 Å². The Hall–Kier alpha value is -0.320. The van der Waals surface area contributed by atoms with Crippen LogP contribution in [-0.2, 0) is 9.53 Å². The summed E-state index contributed by atoms with van der Waals surface area (Å²) in [6.45, 7) is 2.24. The summed E-state index contributed by atoms with van der Waals surface area (Å²) in [6.07, 6.45) is 4.69. The molecule has 2 N–H and O–H groups in total. The van der Waals surface area contributed by atoms with Gasteiger partial charge in [-0.1, -0.05) is 0 Å². The van der Waals surface area contributed by atoms with Crippen LogP contribution in [0.4, 0.5) is 0 Å². The quantitative estimate of drug-likeness (QED) is 0.720. The summed E-state index contributed by atoms with van der Waals surface area (Å²) in [7, 11) is 1.69. The maximum Gasteiger partial charge on any atom is 0.222 e. The molecule has 1 saturated heterocycles. The van der Waals surface area contributed by atoms with Gasteiger partial charge in [0, 0.05) is 39.3 Å². The number of ether oxygens (including phenoxy) is 1. The van der Waals surface area contributed by atoms with E-state index in [2.05, 4.69) is 0 Å². The molecule has 1 fully saturated rings. The zero-order valence-electron chi connectivity index (χ0n) is 9.98. The third-order valence-corrected chi connectivity index (χ3v) is 2.96. The molecule has 1 atom stereocenters. The van der Waals surface area contributed by atoms with Crippen molar-refractivity contribution in [2.24, 2.45) is 5.73 Å². The number of halogens is 1. The Morgan fingerprint density at radius 2 is 2.25 bits per heavy atom. The molecule has 0 saturated carbocycles. The van der Waals surface area contributed by atoms with Gasteiger partial charge in [-0.15, -0.1) is 12.4 Å². The number of carbonyl (C=O) groups excluding carboxylic acids is 1. The highest BCUT2D eigenvalue weighted by Gasteiger charge is 2.26. The van der Waals surface area contributed by atoms with E-state index in [0.29, 0.717) is 19.0 Å². The first kappa shape index (κ1) is 15.7. The van der Waals surface area contributed by atoms with Gasteiger partial charge in [0.1, 0.15) is 0 Å². The minimum Gasteiger partial charge on any atom is -0.385 e. The van der Waals surface area contributed by atoms with E-state index in [-0.39, 0.29) is 18.3 Å². The third kappa shape index (κ3) is 4.68. The second kappa shape index (κ2) is 8.79. The van der Waals surface area contributed by atoms with Crippen molar-refractivity contribution in [1.82, 2.24) is 4.90 Å². The second-order valence-corrected chi connectivity index (χ2v) is 4.07. The van der Waals surface area contributed by atoms with E-state index in [1.54, 1.807) is 7.11 Å². The zero-order valence-corrected chi connectivity index (χ0v) is 10.8. The van der Waals surface area contributed by atoms with E-state index in [4.69, 9.17) is 10.5 Å². The Labute approximate surface area is 104 Å². The fraction of sp³-hybridized carbons (Fsp3) is 0.909. The summed E-state index contributed by atoms with van der Waals surface area (Å²) >= 11 is 0. The Morgan fingerprint density at radius 1 is 1.50 bits per heavy atom. The molecule has 0 bridgehead atoms. The lowest BCUT2D eigenvalue weighted by molar-refractivity contribution is -0.132. The number of nitrogens with two attached hydrogens (primary N) is 1. The number of hydrogen-bond acceptors (Lipinski definition) is 3. The Morgan fingerprint density at radius 3 is 2.88 bits per heavy atom. The smallest absolute Gasteiger partial charge is 0.222 e. The monoisotopic (exact) mass is 250 g/mol. The lowest BCUT2D eigenvalue weighted by Gasteiger charge is -2.23. The molecule has 1 aliphatic heterocycles. The molecule has 1 rings (SSSR count). The van der Waals surface area contributed by atoms with Gasteiger partial charge in [0.15, 0.2) is 0 Å². The first-order valence-corrected chi connectivity index (χ1v) is 5.78. The molecule has 96 valence electrons. The molecule has 1 aliphatic rings. The van der Waals surface area contributed by atoms with Gasteiger partial charge in [-0.2, -0.15) is 0 Å². The molecule has 0 aromatic carbocycles. The second-order valence-electron chi connectivity index (χ2n) is 4.07. The Bertz CT molecular complexity index is 202. The van der Waals surface area contributed by atoms with E-state index < -0.39 is 0 Å². The topological polar surface area (TPSA) is 55.6 Å². The normalized spacial score (nSPS) is 19.6. The Balaban J connectivity index is 0.00000225. The molecule has 1 unspecified atom stereocenters. The van der Waals surface area contributed by atoms with Crippen LogP contribution >= 0.6 is 12.4 Å². The summed E-state index contributed by atoms with van der Waals surface area (Å²) in [5.74, 6) is 0.263. The maximum absolute atomic E-state index is 11.8. The SMILES string of the molecule is COCCCCC(=O)N1CCCC1CN.Cl. The molecule has 4 nitrogen and oxygen atoms in total. The molecular weight excluding hydrogens is 228 g/mol. The lowest BCUT2D eigenvalue weighted by atomic mass is 10.2. The van der Waals surface area contributed by atoms with Crippen molar-refractivity contribution in [3.05, 3.63) is 0 Å². The van der Waals surface area contributed by atoms with Gasteiger partial charge in [0.25, 0.3) is 0 Å². The molecule has 1 heterocycles. The van der Waals surface area contributed by atoms with E-state index in [0.717, 1.165) is 38.8 Å². The lowest BCUT2D eigenvalue weighted by Crippen LogP contribution is -2.39. The molecule has 0 aromatic rings. The molecule has 1 amide bonds. The summed E-state index contributed by atoms with van der Waals surface area (Å²) in [4.78, 5) is 13.8. The molecule has 16 heavy (non-hydrogen) atoms. The molecule has 0 aliphatic carbocycles. The molecular formula is C11H23ClN2O2. The molecule has 0 aromatic heterocycles. The van der Waals surface area contributed by atoms with Gasteiger partial charge in [-0.05, 0) is 25.7 Å². The molecule has 0 spiro atoms. The fourth-order valence-electron chi connectivity index (χ4n) is 2.08. The van der Waals surface area contributed by atoms with Gasteiger partial charge in [-0.3, -0.25) is 4.79 Å². The van der Waals surface area contributed by atoms with Crippen LogP contribution in [0.2, 0.25) is 0 Å². The van der Waals surface area contributed by atoms with Crippen molar-refractivity contribution in [3.8, 4) is 0 Å². The van der Waals surface area contributed by atoms with E-state index in [1.165, 1.54) is 0 Å². The van der Waals surface area contributed by atoms with Gasteiger partial charge in [-0.25, -0.2) is 0 Å². The highest BCUT2D eigenvalue weighted by molar-refractivity contribution is 5.85. The summed E-state index contributed by atoms with van der Waals surface area (Å²) in [5, 5.41) is 0. The van der Waals surface area contributed by atoms with Gasteiger partial charge in [0.2, 0.25) is 5.91 Å². The number of methoxy groups -OCH3 is 1. The van der Waals surface area contributed by atoms with Crippen LogP contribution in [-0.4, -0.2) is 43.7 Å². The number of rotatable bonds is 6. The average molecular weight is 251 g/mol. The number of unbranched alkanes of at least 4 members (excludes halogenated alkanes) is 1. The molecule has 0 radical (unpaired) electrons. The fourth-order valence-corrected chi connectivity index (χ4v) is 2.08. The van der Waals surface area contributed by atoms with Crippen molar-refractivity contribution in [1.29, 1.82) is 0 Å². The standard InChI is InChI=1S/C11H22N2O2.ClH/c1-15-8-3-2-6-11(14)13-7-4-5-10(13)9-12;/h10H,2-9,12H2,1H3;1H. The van der Waals surface area contributed by atoms with Crippen LogP contribution < -0.4 is 5.73 Å². The van der Waals surface area contributed by atoms with Crippen LogP contribution in [0.15, 0.2) is 0 Å². The van der Waals surface area contributed by atoms with E-state index >= 15 is 0 Å². The maximum atomic E-state index is 11.8. The predicted octanol–water partition coefficient (Wildman–Crippen LogP) is 1.17. The molecule has 5 heteroatoms. The van der Waals surface area contributed by atoms with Crippen LogP contribution in [0.5, 0.6) is 0 Å². The minimum absolute atomic E-state index is 0. The van der Waals surface area contributed by atoms with Crippen molar-refractivity contribution >= 4 is 18.3 Å². The third-order valence-electron chi connectivity index (χ3n) is 2.96. The van der Waals surface area contributed by atoms with E-state index in [1.807, 2.05) is 4.90 Å². The average Bonchev–Trinajstić information content (AvgIpc) is 2.72. The van der Waals surface area contributed by atoms with Crippen LogP contribution in [0, 0.1) is 0 Å². The van der Waals surface area contributed by atoms with Crippen molar-refractivity contribution in [2.45, 2.75) is 38.1 Å². The zero-order chi connectivity index (χ0) is 11.1. The predicted molar refractivity (Wildman–Crippen MR) is 66.8 cm³/mol. The highest BCUT2D eigenvalue weighted by Crippen LogP contribution is 2.17. The van der Waals surface area contributed by atoms with Crippen LogP contribution in [0.1, 0.15) is 32.1 Å². The number of hydrogen-bond donors (Lipinski definition) is 1. The number of nitrogens with zero attached hydrogens (tertiary/aromatic N) is 1. The Kier molecular flexibility index (Phi) is 8.61. The number of likely N-dealkylation sites (tertiary alicyclic amines) is 1. The van der Waals surface area contributed by atoms with Crippen molar-refractivity contribution < 1.29 is 9.53 Å². The van der Waals surface area contributed by atoms with Gasteiger partial charge < -0.3 is 15.4 Å². The first-order valence-electron chi connectivity index (χ1n) is 5.78. The summed E-state index contributed by atoms with van der Waals surface area (Å²) in [5.41, 5.74) is 5.62. The highest BCUT2D eigenvalue weighted by atomic mass is 35.5. The van der Waals surface area contributed by atoms with E-state index in [9.17, 15) is 4.79 Å². The summed E-state index contributed by atoms with van der Waals surface area (Å²) in [6, 6.07) is 0.292. The number of amides is 1. The van der Waals surface area contributed by atoms with Gasteiger partial charge in [0.05, 0.1) is 0 Å². The minimum atomic E-state index is 0. The summed E-state index contributed by atoms with van der Waals surface area (Å²) < 4.78 is 4.95. The van der Waals surface area contributed by atoms with Crippen molar-refractivity contribution in [2.75, 3.05) is 26.8 Å². The number of carbonyl (C=O) groups is 1. The van der Waals surface area contributed by atoms with Crippen LogP contribution in [0.25, 0.3) is 0 Å². The largest absolute Gasteiger partial charge is 0.385 e.